The average Bonchev–Trinajstić information content (AvgIpc) is 2.67. The van der Waals surface area contributed by atoms with E-state index in [0.29, 0.717) is 0 Å². The van der Waals surface area contributed by atoms with E-state index in [1.165, 1.54) is 12.1 Å². The van der Waals surface area contributed by atoms with E-state index >= 15 is 0 Å². The summed E-state index contributed by atoms with van der Waals surface area (Å²) in [7, 11) is -5.80. The van der Waals surface area contributed by atoms with Gasteiger partial charge in [0.1, 0.15) is 17.8 Å². The zero-order valence-corrected chi connectivity index (χ0v) is 16.2. The quantitative estimate of drug-likeness (QED) is 0.368. The van der Waals surface area contributed by atoms with Gasteiger partial charge in [-0.05, 0) is 38.0 Å². The number of ether oxygens (including phenoxy) is 2. The molecule has 0 heterocycles. The summed E-state index contributed by atoms with van der Waals surface area (Å²) in [5, 5.41) is 0. The number of carbonyl (C=O) groups excluding carboxylic acids is 2. The van der Waals surface area contributed by atoms with Gasteiger partial charge in [0.25, 0.3) is 0 Å². The predicted octanol–water partition coefficient (Wildman–Crippen LogP) is 3.33. The van der Waals surface area contributed by atoms with Crippen molar-refractivity contribution in [3.8, 4) is 0 Å². The number of alkyl halides is 3. The number of allylic oxidation sites excluding steroid dienone is 2. The van der Waals surface area contributed by atoms with E-state index in [1.54, 1.807) is 25.1 Å². The Balaban J connectivity index is 2.14. The minimum Gasteiger partial charge on any atom is -0.465 e. The number of hydrogen-bond donors (Lipinski definition) is 0. The van der Waals surface area contributed by atoms with E-state index in [1.807, 2.05) is 0 Å². The average molecular weight is 436 g/mol. The lowest BCUT2D eigenvalue weighted by molar-refractivity contribution is -0.159. The maximum Gasteiger partial charge on any atom is 0.534 e. The summed E-state index contributed by atoms with van der Waals surface area (Å²) < 4.78 is 74.0. The van der Waals surface area contributed by atoms with Crippen molar-refractivity contribution in [1.82, 2.24) is 0 Å². The molecule has 0 aromatic heterocycles. The third-order valence-corrected chi connectivity index (χ3v) is 5.27. The van der Waals surface area contributed by atoms with Gasteiger partial charge in [-0.15, -0.1) is 0 Å². The minimum absolute atomic E-state index is 0.0444. The third-order valence-electron chi connectivity index (χ3n) is 4.27. The molecule has 0 saturated carbocycles. The normalized spacial score (nSPS) is 19.8. The molecule has 1 atom stereocenters. The molecule has 1 aliphatic carbocycles. The van der Waals surface area contributed by atoms with Crippen molar-refractivity contribution in [2.45, 2.75) is 31.7 Å². The highest BCUT2D eigenvalue weighted by Gasteiger charge is 2.50. The zero-order valence-electron chi connectivity index (χ0n) is 15.4. The van der Waals surface area contributed by atoms with E-state index in [9.17, 15) is 31.2 Å². The van der Waals surface area contributed by atoms with Gasteiger partial charge in [0.15, 0.2) is 0 Å². The number of carbonyl (C=O) groups is 2. The Kier molecular flexibility index (Phi) is 6.93. The Hall–Kier alpha value is -2.56. The number of benzene rings is 1. The first-order chi connectivity index (χ1) is 13.5. The molecule has 29 heavy (non-hydrogen) atoms. The first-order valence-electron chi connectivity index (χ1n) is 8.60. The van der Waals surface area contributed by atoms with Crippen LogP contribution in [0.2, 0.25) is 0 Å². The van der Waals surface area contributed by atoms with E-state index in [2.05, 4.69) is 4.18 Å². The summed E-state index contributed by atoms with van der Waals surface area (Å²) in [6.07, 6.45) is 0.459. The summed E-state index contributed by atoms with van der Waals surface area (Å²) >= 11 is 0. The molecule has 160 valence electrons. The minimum atomic E-state index is -5.80. The molecule has 0 fully saturated rings. The van der Waals surface area contributed by atoms with E-state index in [0.717, 1.165) is 6.08 Å². The fourth-order valence-electron chi connectivity index (χ4n) is 2.66. The summed E-state index contributed by atoms with van der Waals surface area (Å²) in [6, 6.07) is 8.01. The van der Waals surface area contributed by atoms with Crippen LogP contribution in [0, 0.1) is 5.41 Å². The molecule has 0 amide bonds. The fraction of sp³-hybridized carbons (Fsp3) is 0.444. The lowest BCUT2D eigenvalue weighted by Crippen LogP contribution is -2.40. The molecule has 1 unspecified atom stereocenters. The predicted molar refractivity (Wildman–Crippen MR) is 93.8 cm³/mol. The van der Waals surface area contributed by atoms with Gasteiger partial charge >= 0.3 is 27.6 Å². The van der Waals surface area contributed by atoms with Crippen LogP contribution in [0.4, 0.5) is 13.2 Å². The molecule has 0 saturated heterocycles. The second-order valence-electron chi connectivity index (χ2n) is 6.30. The SMILES string of the molecule is CCOC(=O)C1(COC(=O)c2ccccc2)CC=C(OS(=O)(=O)C(F)(F)F)CC1. The smallest absolute Gasteiger partial charge is 0.465 e. The first-order valence-corrected chi connectivity index (χ1v) is 10.0. The van der Waals surface area contributed by atoms with Crippen LogP contribution in [-0.2, 0) is 28.6 Å². The highest BCUT2D eigenvalue weighted by molar-refractivity contribution is 7.87. The molecule has 1 aromatic rings. The summed E-state index contributed by atoms with van der Waals surface area (Å²) in [5.41, 5.74) is -6.65. The third kappa shape index (κ3) is 5.49. The lowest BCUT2D eigenvalue weighted by atomic mass is 9.77. The van der Waals surface area contributed by atoms with Crippen LogP contribution < -0.4 is 0 Å². The molecule has 1 aromatic carbocycles. The molecule has 2 rings (SSSR count). The fourth-order valence-corrected chi connectivity index (χ4v) is 3.19. The molecule has 11 heteroatoms. The Labute approximate surface area is 165 Å². The van der Waals surface area contributed by atoms with Crippen LogP contribution in [0.15, 0.2) is 42.2 Å². The van der Waals surface area contributed by atoms with Crippen LogP contribution in [0.1, 0.15) is 36.5 Å². The number of hydrogen-bond acceptors (Lipinski definition) is 7. The van der Waals surface area contributed by atoms with E-state index < -0.39 is 38.7 Å². The monoisotopic (exact) mass is 436 g/mol. The van der Waals surface area contributed by atoms with Crippen molar-refractivity contribution in [2.24, 2.45) is 5.41 Å². The van der Waals surface area contributed by atoms with Crippen LogP contribution in [0.5, 0.6) is 0 Å². The standard InChI is InChI=1S/C18H19F3O7S/c1-2-26-16(23)17(12-27-15(22)13-6-4-3-5-7-13)10-8-14(9-11-17)28-29(24,25)18(19,20)21/h3-8H,2,9-12H2,1H3. The van der Waals surface area contributed by atoms with Gasteiger partial charge < -0.3 is 13.7 Å². The second kappa shape index (κ2) is 8.85. The summed E-state index contributed by atoms with van der Waals surface area (Å²) in [5.74, 6) is -1.81. The molecule has 0 bridgehead atoms. The molecule has 1 aliphatic rings. The lowest BCUT2D eigenvalue weighted by Gasteiger charge is -2.33. The van der Waals surface area contributed by atoms with Crippen molar-refractivity contribution in [1.29, 1.82) is 0 Å². The van der Waals surface area contributed by atoms with Crippen molar-refractivity contribution in [3.63, 3.8) is 0 Å². The number of rotatable bonds is 7. The Bertz CT molecular complexity index is 878. The largest absolute Gasteiger partial charge is 0.534 e. The number of halogens is 3. The molecule has 0 spiro atoms. The van der Waals surface area contributed by atoms with Crippen LogP contribution in [-0.4, -0.2) is 39.1 Å². The van der Waals surface area contributed by atoms with Gasteiger partial charge in [-0.2, -0.15) is 21.6 Å². The van der Waals surface area contributed by atoms with Gasteiger partial charge in [-0.25, -0.2) is 4.79 Å². The molecule has 0 radical (unpaired) electrons. The highest BCUT2D eigenvalue weighted by atomic mass is 32.2. The topological polar surface area (TPSA) is 96.0 Å². The molecular weight excluding hydrogens is 417 g/mol. The van der Waals surface area contributed by atoms with E-state index in [-0.39, 0.29) is 38.0 Å². The van der Waals surface area contributed by atoms with Crippen molar-refractivity contribution < 1.29 is 44.8 Å². The first kappa shape index (κ1) is 22.7. The van der Waals surface area contributed by atoms with Crippen molar-refractivity contribution in [3.05, 3.63) is 47.7 Å². The maximum absolute atomic E-state index is 12.5. The maximum atomic E-state index is 12.5. The Morgan fingerprint density at radius 2 is 1.79 bits per heavy atom. The molecular formula is C18H19F3O7S. The van der Waals surface area contributed by atoms with Crippen LogP contribution >= 0.6 is 0 Å². The van der Waals surface area contributed by atoms with Crippen LogP contribution in [0.3, 0.4) is 0 Å². The molecule has 0 aliphatic heterocycles. The molecule has 0 N–H and O–H groups in total. The van der Waals surface area contributed by atoms with Gasteiger partial charge in [0.2, 0.25) is 0 Å². The van der Waals surface area contributed by atoms with Gasteiger partial charge in [0.05, 0.1) is 12.2 Å². The highest BCUT2D eigenvalue weighted by Crippen LogP contribution is 2.39. The summed E-state index contributed by atoms with van der Waals surface area (Å²) in [6.45, 7) is 1.24. The van der Waals surface area contributed by atoms with Gasteiger partial charge in [-0.3, -0.25) is 4.79 Å². The molecule has 7 nitrogen and oxygen atoms in total. The Morgan fingerprint density at radius 1 is 1.14 bits per heavy atom. The van der Waals surface area contributed by atoms with E-state index in [4.69, 9.17) is 9.47 Å². The van der Waals surface area contributed by atoms with Crippen molar-refractivity contribution >= 4 is 22.1 Å². The van der Waals surface area contributed by atoms with Crippen molar-refractivity contribution in [2.75, 3.05) is 13.2 Å². The second-order valence-corrected chi connectivity index (χ2v) is 7.84. The number of esters is 2. The zero-order chi connectivity index (χ0) is 21.7. The van der Waals surface area contributed by atoms with Crippen LogP contribution in [0.25, 0.3) is 0 Å². The van der Waals surface area contributed by atoms with Gasteiger partial charge in [0, 0.05) is 6.42 Å². The summed E-state index contributed by atoms with van der Waals surface area (Å²) in [4.78, 5) is 24.6. The van der Waals surface area contributed by atoms with Gasteiger partial charge in [-0.1, -0.05) is 18.2 Å². The Morgan fingerprint density at radius 3 is 2.31 bits per heavy atom.